The lowest BCUT2D eigenvalue weighted by Gasteiger charge is -2.05. The predicted molar refractivity (Wildman–Crippen MR) is 62.0 cm³/mol. The SMILES string of the molecule is Nc1c(Cl)ncnc1Sc1ccccc1F. The van der Waals surface area contributed by atoms with Crippen molar-refractivity contribution in [2.45, 2.75) is 9.92 Å². The van der Waals surface area contributed by atoms with Gasteiger partial charge >= 0.3 is 0 Å². The lowest BCUT2D eigenvalue weighted by molar-refractivity contribution is 0.602. The molecular weight excluding hydrogens is 249 g/mol. The van der Waals surface area contributed by atoms with Crippen molar-refractivity contribution in [3.8, 4) is 0 Å². The Kier molecular flexibility index (Phi) is 3.26. The maximum atomic E-state index is 13.4. The number of nitrogens with zero attached hydrogens (tertiary/aromatic N) is 2. The Hall–Kier alpha value is -1.33. The molecule has 0 unspecified atom stereocenters. The smallest absolute Gasteiger partial charge is 0.156 e. The summed E-state index contributed by atoms with van der Waals surface area (Å²) < 4.78 is 13.4. The molecule has 2 aromatic rings. The second-order valence-corrected chi connectivity index (χ2v) is 4.30. The van der Waals surface area contributed by atoms with Crippen LogP contribution in [0.1, 0.15) is 0 Å². The third kappa shape index (κ3) is 2.25. The molecule has 0 fully saturated rings. The van der Waals surface area contributed by atoms with Crippen molar-refractivity contribution in [1.82, 2.24) is 9.97 Å². The summed E-state index contributed by atoms with van der Waals surface area (Å²) in [6.45, 7) is 0. The second-order valence-electron chi connectivity index (χ2n) is 2.92. The van der Waals surface area contributed by atoms with Crippen LogP contribution in [0.3, 0.4) is 0 Å². The van der Waals surface area contributed by atoms with E-state index in [0.29, 0.717) is 9.92 Å². The highest BCUT2D eigenvalue weighted by Gasteiger charge is 2.10. The van der Waals surface area contributed by atoms with E-state index in [0.717, 1.165) is 11.8 Å². The fourth-order valence-electron chi connectivity index (χ4n) is 1.07. The van der Waals surface area contributed by atoms with Gasteiger partial charge in [0.2, 0.25) is 0 Å². The standard InChI is InChI=1S/C10H7ClFN3S/c11-9-8(13)10(15-5-14-9)16-7-4-2-1-3-6(7)12/h1-5H,13H2. The molecule has 0 aliphatic heterocycles. The first kappa shape index (κ1) is 11.2. The monoisotopic (exact) mass is 255 g/mol. The van der Waals surface area contributed by atoms with Crippen molar-refractivity contribution in [1.29, 1.82) is 0 Å². The number of hydrogen-bond acceptors (Lipinski definition) is 4. The molecule has 1 aromatic heterocycles. The fourth-order valence-corrected chi connectivity index (χ4v) is 2.09. The summed E-state index contributed by atoms with van der Waals surface area (Å²) in [6.07, 6.45) is 1.29. The Morgan fingerprint density at radius 1 is 1.25 bits per heavy atom. The van der Waals surface area contributed by atoms with Crippen molar-refractivity contribution in [2.24, 2.45) is 0 Å². The zero-order chi connectivity index (χ0) is 11.5. The number of aromatic nitrogens is 2. The Morgan fingerprint density at radius 3 is 2.75 bits per heavy atom. The van der Waals surface area contributed by atoms with Crippen molar-refractivity contribution in [2.75, 3.05) is 5.73 Å². The van der Waals surface area contributed by atoms with Gasteiger partial charge in [-0.15, -0.1) is 0 Å². The van der Waals surface area contributed by atoms with E-state index in [-0.39, 0.29) is 16.7 Å². The van der Waals surface area contributed by atoms with E-state index in [1.54, 1.807) is 18.2 Å². The molecule has 0 saturated carbocycles. The molecule has 0 radical (unpaired) electrons. The molecular formula is C10H7ClFN3S. The van der Waals surface area contributed by atoms with Crippen LogP contribution < -0.4 is 5.73 Å². The summed E-state index contributed by atoms with van der Waals surface area (Å²) in [5, 5.41) is 0.624. The van der Waals surface area contributed by atoms with E-state index in [9.17, 15) is 4.39 Å². The van der Waals surface area contributed by atoms with E-state index in [1.165, 1.54) is 12.4 Å². The van der Waals surface area contributed by atoms with Crippen LogP contribution in [0.2, 0.25) is 5.15 Å². The van der Waals surface area contributed by atoms with Crippen molar-refractivity contribution in [3.63, 3.8) is 0 Å². The third-order valence-corrected chi connectivity index (χ3v) is 3.21. The minimum absolute atomic E-state index is 0.175. The van der Waals surface area contributed by atoms with E-state index in [4.69, 9.17) is 17.3 Å². The molecule has 0 amide bonds. The Morgan fingerprint density at radius 2 is 2.00 bits per heavy atom. The van der Waals surface area contributed by atoms with E-state index in [2.05, 4.69) is 9.97 Å². The highest BCUT2D eigenvalue weighted by molar-refractivity contribution is 7.99. The van der Waals surface area contributed by atoms with E-state index < -0.39 is 0 Å². The Labute approximate surface area is 101 Å². The van der Waals surface area contributed by atoms with Crippen LogP contribution in [0.25, 0.3) is 0 Å². The number of nitrogens with two attached hydrogens (primary N) is 1. The molecule has 0 saturated heterocycles. The van der Waals surface area contributed by atoms with Gasteiger partial charge in [-0.3, -0.25) is 0 Å². The van der Waals surface area contributed by atoms with Gasteiger partial charge in [0, 0.05) is 4.90 Å². The number of halogens is 2. The summed E-state index contributed by atoms with van der Waals surface area (Å²) >= 11 is 6.86. The first-order valence-corrected chi connectivity index (χ1v) is 5.56. The maximum absolute atomic E-state index is 13.4. The summed E-state index contributed by atoms with van der Waals surface area (Å²) in [4.78, 5) is 8.13. The molecule has 2 rings (SSSR count). The van der Waals surface area contributed by atoms with Crippen LogP contribution in [-0.2, 0) is 0 Å². The second kappa shape index (κ2) is 4.67. The molecule has 0 bridgehead atoms. The number of hydrogen-bond donors (Lipinski definition) is 1. The normalized spacial score (nSPS) is 10.4. The fraction of sp³-hybridized carbons (Fsp3) is 0. The maximum Gasteiger partial charge on any atom is 0.156 e. The average molecular weight is 256 g/mol. The highest BCUT2D eigenvalue weighted by Crippen LogP contribution is 2.33. The molecule has 0 aliphatic carbocycles. The van der Waals surface area contributed by atoms with E-state index >= 15 is 0 Å². The molecule has 82 valence electrons. The summed E-state index contributed by atoms with van der Waals surface area (Å²) in [5.41, 5.74) is 5.94. The first-order valence-electron chi connectivity index (χ1n) is 4.37. The lowest BCUT2D eigenvalue weighted by atomic mass is 10.3. The molecule has 1 heterocycles. The predicted octanol–water partition coefficient (Wildman–Crippen LogP) is 3.00. The van der Waals surface area contributed by atoms with Crippen LogP contribution in [0.4, 0.5) is 10.1 Å². The zero-order valence-corrected chi connectivity index (χ0v) is 9.60. The molecule has 0 atom stereocenters. The molecule has 2 N–H and O–H groups in total. The number of benzene rings is 1. The molecule has 0 spiro atoms. The molecule has 0 aliphatic rings. The van der Waals surface area contributed by atoms with Gasteiger partial charge in [-0.2, -0.15) is 0 Å². The van der Waals surface area contributed by atoms with Gasteiger partial charge < -0.3 is 5.73 Å². The average Bonchev–Trinajstić information content (AvgIpc) is 2.28. The largest absolute Gasteiger partial charge is 0.394 e. The summed E-state index contributed by atoms with van der Waals surface area (Å²) in [7, 11) is 0. The topological polar surface area (TPSA) is 51.8 Å². The van der Waals surface area contributed by atoms with Gasteiger partial charge in [-0.05, 0) is 12.1 Å². The van der Waals surface area contributed by atoms with Crippen LogP contribution in [-0.4, -0.2) is 9.97 Å². The third-order valence-electron chi connectivity index (χ3n) is 1.84. The zero-order valence-electron chi connectivity index (χ0n) is 8.02. The van der Waals surface area contributed by atoms with Gasteiger partial charge in [-0.1, -0.05) is 35.5 Å². The molecule has 1 aromatic carbocycles. The first-order chi connectivity index (χ1) is 7.68. The minimum atomic E-state index is -0.318. The van der Waals surface area contributed by atoms with Gasteiger partial charge in [-0.25, -0.2) is 14.4 Å². The van der Waals surface area contributed by atoms with E-state index in [1.807, 2.05) is 0 Å². The van der Waals surface area contributed by atoms with Crippen molar-refractivity contribution < 1.29 is 4.39 Å². The number of nitrogen functional groups attached to an aromatic ring is 1. The number of anilines is 1. The lowest BCUT2D eigenvalue weighted by Crippen LogP contribution is -1.95. The van der Waals surface area contributed by atoms with Crippen LogP contribution >= 0.6 is 23.4 Å². The van der Waals surface area contributed by atoms with Gasteiger partial charge in [0.1, 0.15) is 22.9 Å². The Bertz CT molecular complexity index is 521. The Balaban J connectivity index is 2.35. The minimum Gasteiger partial charge on any atom is -0.394 e. The van der Waals surface area contributed by atoms with Crippen molar-refractivity contribution >= 4 is 29.1 Å². The highest BCUT2D eigenvalue weighted by atomic mass is 35.5. The van der Waals surface area contributed by atoms with Crippen molar-refractivity contribution in [3.05, 3.63) is 41.6 Å². The summed E-state index contributed by atoms with van der Waals surface area (Å²) in [6, 6.07) is 6.39. The molecule has 6 heteroatoms. The van der Waals surface area contributed by atoms with Crippen LogP contribution in [0.5, 0.6) is 0 Å². The van der Waals surface area contributed by atoms with Gasteiger partial charge in [0.05, 0.1) is 0 Å². The number of rotatable bonds is 2. The molecule has 16 heavy (non-hydrogen) atoms. The molecule has 3 nitrogen and oxygen atoms in total. The van der Waals surface area contributed by atoms with Crippen LogP contribution in [0, 0.1) is 5.82 Å². The summed E-state index contributed by atoms with van der Waals surface area (Å²) in [5.74, 6) is -0.318. The van der Waals surface area contributed by atoms with Crippen LogP contribution in [0.15, 0.2) is 40.5 Å². The van der Waals surface area contributed by atoms with Gasteiger partial charge in [0.15, 0.2) is 5.15 Å². The quantitative estimate of drug-likeness (QED) is 0.838. The van der Waals surface area contributed by atoms with Gasteiger partial charge in [0.25, 0.3) is 0 Å².